The minimum absolute atomic E-state index is 0.159. The molecule has 1 aliphatic heterocycles. The molecule has 1 N–H and O–H groups in total. The van der Waals surface area contributed by atoms with Crippen LogP contribution in [0.1, 0.15) is 52.1 Å². The summed E-state index contributed by atoms with van der Waals surface area (Å²) in [5, 5.41) is 2.88. The summed E-state index contributed by atoms with van der Waals surface area (Å²) < 4.78 is 0. The van der Waals surface area contributed by atoms with Crippen LogP contribution in [0.3, 0.4) is 0 Å². The summed E-state index contributed by atoms with van der Waals surface area (Å²) in [4.78, 5) is 40.6. The van der Waals surface area contributed by atoms with Gasteiger partial charge in [0, 0.05) is 29.8 Å². The Labute approximate surface area is 164 Å². The van der Waals surface area contributed by atoms with Crippen LogP contribution in [0, 0.1) is 11.8 Å². The molecule has 2 aromatic rings. The van der Waals surface area contributed by atoms with E-state index in [1.54, 1.807) is 42.5 Å². The molecule has 1 aliphatic carbocycles. The minimum Gasteiger partial charge on any atom is -0.324 e. The SMILES string of the molecule is CC1CC(C)CN(CC(=O)Nc2cccc3c2C(=O)c2ccccc2C3=O)C1. The molecule has 5 heteroatoms. The van der Waals surface area contributed by atoms with Gasteiger partial charge in [-0.2, -0.15) is 0 Å². The van der Waals surface area contributed by atoms with E-state index < -0.39 is 0 Å². The van der Waals surface area contributed by atoms with Crippen molar-refractivity contribution in [3.8, 4) is 0 Å². The van der Waals surface area contributed by atoms with E-state index >= 15 is 0 Å². The topological polar surface area (TPSA) is 66.5 Å². The molecule has 1 heterocycles. The Bertz CT molecular complexity index is 956. The van der Waals surface area contributed by atoms with E-state index in [9.17, 15) is 14.4 Å². The lowest BCUT2D eigenvalue weighted by Gasteiger charge is -2.34. The summed E-state index contributed by atoms with van der Waals surface area (Å²) in [7, 11) is 0. The lowest BCUT2D eigenvalue weighted by Crippen LogP contribution is -2.43. The second-order valence-electron chi connectivity index (χ2n) is 8.12. The van der Waals surface area contributed by atoms with Crippen molar-refractivity contribution in [2.45, 2.75) is 20.3 Å². The Balaban J connectivity index is 1.58. The van der Waals surface area contributed by atoms with Gasteiger partial charge in [0.1, 0.15) is 0 Å². The number of carbonyl (C=O) groups excluding carboxylic acids is 3. The van der Waals surface area contributed by atoms with Gasteiger partial charge in [-0.1, -0.05) is 50.2 Å². The van der Waals surface area contributed by atoms with Crippen molar-refractivity contribution in [2.75, 3.05) is 25.0 Å². The Morgan fingerprint density at radius 3 is 2.21 bits per heavy atom. The van der Waals surface area contributed by atoms with Gasteiger partial charge < -0.3 is 5.32 Å². The number of fused-ring (bicyclic) bond motifs is 2. The van der Waals surface area contributed by atoms with Crippen LogP contribution in [-0.4, -0.2) is 42.0 Å². The Hall–Kier alpha value is -2.79. The molecule has 0 spiro atoms. The predicted octanol–water partition coefficient (Wildman–Crippen LogP) is 3.38. The van der Waals surface area contributed by atoms with E-state index in [4.69, 9.17) is 0 Å². The van der Waals surface area contributed by atoms with Gasteiger partial charge >= 0.3 is 0 Å². The maximum absolute atomic E-state index is 13.0. The smallest absolute Gasteiger partial charge is 0.238 e. The second kappa shape index (κ2) is 7.32. The highest BCUT2D eigenvalue weighted by molar-refractivity contribution is 6.30. The van der Waals surface area contributed by atoms with Crippen LogP contribution in [0.5, 0.6) is 0 Å². The Morgan fingerprint density at radius 1 is 0.929 bits per heavy atom. The number of ketones is 2. The fraction of sp³-hybridized carbons (Fsp3) is 0.348. The monoisotopic (exact) mass is 376 g/mol. The first-order valence-corrected chi connectivity index (χ1v) is 9.77. The molecule has 4 rings (SSSR count). The van der Waals surface area contributed by atoms with Crippen LogP contribution in [-0.2, 0) is 4.79 Å². The van der Waals surface area contributed by atoms with Gasteiger partial charge in [-0.05, 0) is 24.3 Å². The Morgan fingerprint density at radius 2 is 1.54 bits per heavy atom. The summed E-state index contributed by atoms with van der Waals surface area (Å²) in [6.07, 6.45) is 1.18. The van der Waals surface area contributed by atoms with Gasteiger partial charge in [0.15, 0.2) is 11.6 Å². The average molecular weight is 376 g/mol. The molecule has 1 amide bonds. The minimum atomic E-state index is -0.221. The van der Waals surface area contributed by atoms with Gasteiger partial charge in [-0.3, -0.25) is 19.3 Å². The third kappa shape index (κ3) is 3.38. The summed E-state index contributed by atoms with van der Waals surface area (Å²) in [5.41, 5.74) is 1.86. The van der Waals surface area contributed by atoms with Gasteiger partial charge in [0.25, 0.3) is 0 Å². The van der Waals surface area contributed by atoms with E-state index in [1.165, 1.54) is 6.42 Å². The third-order valence-electron chi connectivity index (χ3n) is 5.54. The number of nitrogens with zero attached hydrogens (tertiary/aromatic N) is 1. The number of anilines is 1. The van der Waals surface area contributed by atoms with Gasteiger partial charge in [0.2, 0.25) is 5.91 Å². The van der Waals surface area contributed by atoms with Crippen LogP contribution >= 0.6 is 0 Å². The van der Waals surface area contributed by atoms with E-state index in [0.29, 0.717) is 39.8 Å². The molecular formula is C23H24N2O3. The molecule has 2 unspecified atom stereocenters. The average Bonchev–Trinajstić information content (AvgIpc) is 2.65. The normalized spacial score (nSPS) is 21.8. The van der Waals surface area contributed by atoms with E-state index in [2.05, 4.69) is 24.1 Å². The lowest BCUT2D eigenvalue weighted by atomic mass is 9.83. The first-order chi connectivity index (χ1) is 13.4. The van der Waals surface area contributed by atoms with Crippen molar-refractivity contribution in [1.29, 1.82) is 0 Å². The molecule has 2 atom stereocenters. The van der Waals surface area contributed by atoms with Gasteiger partial charge in [-0.25, -0.2) is 0 Å². The molecular weight excluding hydrogens is 352 g/mol. The van der Waals surface area contributed by atoms with Crippen molar-refractivity contribution in [2.24, 2.45) is 11.8 Å². The highest BCUT2D eigenvalue weighted by Gasteiger charge is 2.32. The van der Waals surface area contributed by atoms with E-state index in [1.807, 2.05) is 0 Å². The molecule has 0 aromatic heterocycles. The predicted molar refractivity (Wildman–Crippen MR) is 108 cm³/mol. The molecule has 0 radical (unpaired) electrons. The van der Waals surface area contributed by atoms with Crippen molar-refractivity contribution in [3.05, 3.63) is 64.7 Å². The number of likely N-dealkylation sites (tertiary alicyclic amines) is 1. The molecule has 2 aromatic carbocycles. The molecule has 0 bridgehead atoms. The zero-order valence-electron chi connectivity index (χ0n) is 16.2. The number of carbonyl (C=O) groups is 3. The summed E-state index contributed by atoms with van der Waals surface area (Å²) in [6, 6.07) is 11.9. The number of nitrogens with one attached hydrogen (secondary N) is 1. The summed E-state index contributed by atoms with van der Waals surface area (Å²) in [5.74, 6) is 0.573. The number of benzene rings is 2. The zero-order chi connectivity index (χ0) is 19.8. The zero-order valence-corrected chi connectivity index (χ0v) is 16.2. The summed E-state index contributed by atoms with van der Waals surface area (Å²) >= 11 is 0. The standard InChI is InChI=1S/C23H24N2O3/c1-14-10-15(2)12-25(11-14)13-20(26)24-19-9-5-8-18-21(19)23(28)17-7-4-3-6-16(17)22(18)27/h3-9,14-15H,10-13H2,1-2H3,(H,24,26). The number of amides is 1. The van der Waals surface area contributed by atoms with Crippen molar-refractivity contribution >= 4 is 23.2 Å². The molecule has 144 valence electrons. The van der Waals surface area contributed by atoms with E-state index in [-0.39, 0.29) is 24.0 Å². The number of hydrogen-bond acceptors (Lipinski definition) is 4. The van der Waals surface area contributed by atoms with Crippen LogP contribution in [0.15, 0.2) is 42.5 Å². The van der Waals surface area contributed by atoms with Crippen molar-refractivity contribution in [3.63, 3.8) is 0 Å². The molecule has 2 aliphatic rings. The molecule has 0 saturated carbocycles. The highest BCUT2D eigenvalue weighted by Crippen LogP contribution is 2.32. The van der Waals surface area contributed by atoms with Crippen LogP contribution in [0.25, 0.3) is 0 Å². The van der Waals surface area contributed by atoms with Crippen molar-refractivity contribution < 1.29 is 14.4 Å². The van der Waals surface area contributed by atoms with Crippen LogP contribution in [0.4, 0.5) is 5.69 Å². The third-order valence-corrected chi connectivity index (χ3v) is 5.54. The summed E-state index contributed by atoms with van der Waals surface area (Å²) in [6.45, 7) is 6.49. The largest absolute Gasteiger partial charge is 0.324 e. The quantitative estimate of drug-likeness (QED) is 0.761. The maximum Gasteiger partial charge on any atom is 0.238 e. The number of piperidine rings is 1. The number of rotatable bonds is 3. The van der Waals surface area contributed by atoms with Crippen molar-refractivity contribution in [1.82, 2.24) is 4.90 Å². The fourth-order valence-electron chi connectivity index (χ4n) is 4.56. The maximum atomic E-state index is 13.0. The van der Waals surface area contributed by atoms with E-state index in [0.717, 1.165) is 13.1 Å². The van der Waals surface area contributed by atoms with Gasteiger partial charge in [-0.15, -0.1) is 0 Å². The first-order valence-electron chi connectivity index (χ1n) is 9.77. The molecule has 5 nitrogen and oxygen atoms in total. The highest BCUT2D eigenvalue weighted by atomic mass is 16.2. The lowest BCUT2D eigenvalue weighted by molar-refractivity contribution is -0.117. The van der Waals surface area contributed by atoms with Crippen LogP contribution in [0.2, 0.25) is 0 Å². The van der Waals surface area contributed by atoms with Gasteiger partial charge in [0.05, 0.1) is 17.8 Å². The Kier molecular flexibility index (Phi) is 4.85. The fourth-order valence-corrected chi connectivity index (χ4v) is 4.56. The molecule has 28 heavy (non-hydrogen) atoms. The first kappa shape index (κ1) is 18.6. The molecule has 1 fully saturated rings. The molecule has 1 saturated heterocycles. The van der Waals surface area contributed by atoms with Crippen LogP contribution < -0.4 is 5.32 Å². The number of hydrogen-bond donors (Lipinski definition) is 1. The second-order valence-corrected chi connectivity index (χ2v) is 8.12.